The molecule has 0 aromatic carbocycles. The predicted molar refractivity (Wildman–Crippen MR) is 87.4 cm³/mol. The molecular formula is C19H24N2O. The van der Waals surface area contributed by atoms with Crippen molar-refractivity contribution in [2.75, 3.05) is 0 Å². The van der Waals surface area contributed by atoms with Crippen molar-refractivity contribution in [2.24, 2.45) is 5.92 Å². The molecule has 0 bridgehead atoms. The highest BCUT2D eigenvalue weighted by atomic mass is 16.3. The fourth-order valence-electron chi connectivity index (χ4n) is 3.70. The molecule has 1 saturated carbocycles. The van der Waals surface area contributed by atoms with Crippen molar-refractivity contribution in [3.05, 3.63) is 60.2 Å². The fourth-order valence-corrected chi connectivity index (χ4v) is 3.70. The quantitative estimate of drug-likeness (QED) is 0.917. The maximum absolute atomic E-state index is 11.5. The van der Waals surface area contributed by atoms with Crippen LogP contribution in [0.2, 0.25) is 0 Å². The summed E-state index contributed by atoms with van der Waals surface area (Å²) in [5.41, 5.74) is 1.65. The van der Waals surface area contributed by atoms with Gasteiger partial charge in [0.25, 0.3) is 0 Å². The Hall–Kier alpha value is -1.74. The Balaban J connectivity index is 1.83. The van der Waals surface area contributed by atoms with Crippen LogP contribution in [0.25, 0.3) is 0 Å². The van der Waals surface area contributed by atoms with Gasteiger partial charge in [0.2, 0.25) is 0 Å². The van der Waals surface area contributed by atoms with Gasteiger partial charge in [0.1, 0.15) is 0 Å². The molecule has 2 heterocycles. The molecule has 3 nitrogen and oxygen atoms in total. The second-order valence-electron chi connectivity index (χ2n) is 6.50. The predicted octanol–water partition coefficient (Wildman–Crippen LogP) is 3.57. The number of hydrogen-bond acceptors (Lipinski definition) is 3. The molecule has 116 valence electrons. The van der Waals surface area contributed by atoms with Gasteiger partial charge >= 0.3 is 0 Å². The van der Waals surface area contributed by atoms with Crippen LogP contribution in [-0.2, 0) is 12.8 Å². The molecule has 0 atom stereocenters. The normalized spacial score (nSPS) is 16.6. The molecule has 2 aromatic rings. The van der Waals surface area contributed by atoms with Crippen molar-refractivity contribution >= 4 is 0 Å². The molecule has 22 heavy (non-hydrogen) atoms. The van der Waals surface area contributed by atoms with Gasteiger partial charge in [-0.2, -0.15) is 0 Å². The van der Waals surface area contributed by atoms with Crippen LogP contribution in [0.1, 0.15) is 43.2 Å². The van der Waals surface area contributed by atoms with Gasteiger partial charge in [-0.3, -0.25) is 9.97 Å². The van der Waals surface area contributed by atoms with Crippen molar-refractivity contribution in [3.63, 3.8) is 0 Å². The molecule has 1 N–H and O–H groups in total. The first-order valence-electron chi connectivity index (χ1n) is 8.26. The monoisotopic (exact) mass is 296 g/mol. The van der Waals surface area contributed by atoms with Gasteiger partial charge in [0.05, 0.1) is 5.60 Å². The molecule has 1 aliphatic carbocycles. The highest BCUT2D eigenvalue weighted by Crippen LogP contribution is 2.37. The van der Waals surface area contributed by atoms with Crippen molar-refractivity contribution in [3.8, 4) is 0 Å². The van der Waals surface area contributed by atoms with E-state index in [0.717, 1.165) is 24.0 Å². The van der Waals surface area contributed by atoms with E-state index < -0.39 is 5.60 Å². The molecule has 1 fully saturated rings. The lowest BCUT2D eigenvalue weighted by Gasteiger charge is -2.39. The van der Waals surface area contributed by atoms with Gasteiger partial charge < -0.3 is 5.11 Å². The van der Waals surface area contributed by atoms with Crippen LogP contribution in [0.15, 0.2) is 49.1 Å². The summed E-state index contributed by atoms with van der Waals surface area (Å²) in [7, 11) is 0. The van der Waals surface area contributed by atoms with Crippen LogP contribution in [0.3, 0.4) is 0 Å². The maximum atomic E-state index is 11.5. The van der Waals surface area contributed by atoms with E-state index in [1.807, 2.05) is 49.1 Å². The molecule has 0 radical (unpaired) electrons. The van der Waals surface area contributed by atoms with E-state index >= 15 is 0 Å². The Kier molecular flexibility index (Phi) is 4.84. The first kappa shape index (κ1) is 15.2. The van der Waals surface area contributed by atoms with Crippen molar-refractivity contribution in [2.45, 2.75) is 50.5 Å². The minimum absolute atomic E-state index is 0.377. The lowest BCUT2D eigenvalue weighted by molar-refractivity contribution is -0.0325. The van der Waals surface area contributed by atoms with Gasteiger partial charge in [-0.05, 0) is 54.2 Å². The van der Waals surface area contributed by atoms with Gasteiger partial charge in [0, 0.05) is 37.6 Å². The number of pyridine rings is 2. The van der Waals surface area contributed by atoms with Gasteiger partial charge in [-0.15, -0.1) is 0 Å². The summed E-state index contributed by atoms with van der Waals surface area (Å²) >= 11 is 0. The van der Waals surface area contributed by atoms with Gasteiger partial charge in [-0.1, -0.05) is 19.3 Å². The molecule has 0 spiro atoms. The third-order valence-corrected chi connectivity index (χ3v) is 4.88. The first-order chi connectivity index (χ1) is 10.8. The van der Waals surface area contributed by atoms with Crippen molar-refractivity contribution in [1.29, 1.82) is 0 Å². The lowest BCUT2D eigenvalue weighted by Crippen LogP contribution is -2.43. The van der Waals surface area contributed by atoms with Crippen LogP contribution in [0.5, 0.6) is 0 Å². The van der Waals surface area contributed by atoms with Crippen LogP contribution in [-0.4, -0.2) is 20.7 Å². The summed E-state index contributed by atoms with van der Waals surface area (Å²) in [6, 6.07) is 8.06. The highest BCUT2D eigenvalue weighted by Gasteiger charge is 2.37. The number of aliphatic hydroxyl groups is 1. The smallest absolute Gasteiger partial charge is 0.0756 e. The van der Waals surface area contributed by atoms with E-state index in [2.05, 4.69) is 9.97 Å². The Morgan fingerprint density at radius 2 is 1.27 bits per heavy atom. The molecule has 0 amide bonds. The lowest BCUT2D eigenvalue weighted by atomic mass is 9.71. The largest absolute Gasteiger partial charge is 0.389 e. The SMILES string of the molecule is OC(Cc1ccncc1)(Cc1ccncc1)C1CCCCC1. The Morgan fingerprint density at radius 1 is 0.818 bits per heavy atom. The average molecular weight is 296 g/mol. The second-order valence-corrected chi connectivity index (χ2v) is 6.50. The number of aromatic nitrogens is 2. The fraction of sp³-hybridized carbons (Fsp3) is 0.474. The topological polar surface area (TPSA) is 46.0 Å². The maximum Gasteiger partial charge on any atom is 0.0756 e. The molecule has 1 aliphatic rings. The molecule has 2 aromatic heterocycles. The van der Waals surface area contributed by atoms with Crippen molar-refractivity contribution in [1.82, 2.24) is 9.97 Å². The summed E-state index contributed by atoms with van der Waals surface area (Å²) in [5.74, 6) is 0.377. The third kappa shape index (κ3) is 3.72. The molecule has 0 unspecified atom stereocenters. The summed E-state index contributed by atoms with van der Waals surface area (Å²) in [6.45, 7) is 0. The second kappa shape index (κ2) is 7.01. The van der Waals surface area contributed by atoms with Crippen LogP contribution < -0.4 is 0 Å². The minimum Gasteiger partial charge on any atom is -0.389 e. The molecular weight excluding hydrogens is 272 g/mol. The summed E-state index contributed by atoms with van der Waals surface area (Å²) in [4.78, 5) is 8.16. The average Bonchev–Trinajstić information content (AvgIpc) is 2.57. The zero-order valence-corrected chi connectivity index (χ0v) is 13.0. The van der Waals surface area contributed by atoms with E-state index in [-0.39, 0.29) is 0 Å². The molecule has 3 rings (SSSR count). The van der Waals surface area contributed by atoms with Crippen molar-refractivity contribution < 1.29 is 5.11 Å². The summed E-state index contributed by atoms with van der Waals surface area (Å²) < 4.78 is 0. The molecule has 0 saturated heterocycles. The number of rotatable bonds is 5. The van der Waals surface area contributed by atoms with Crippen LogP contribution in [0, 0.1) is 5.92 Å². The van der Waals surface area contributed by atoms with Gasteiger partial charge in [-0.25, -0.2) is 0 Å². The number of nitrogens with zero attached hydrogens (tertiary/aromatic N) is 2. The summed E-state index contributed by atoms with van der Waals surface area (Å²) in [5, 5.41) is 11.5. The van der Waals surface area contributed by atoms with E-state index in [1.165, 1.54) is 19.3 Å². The molecule has 3 heteroatoms. The van der Waals surface area contributed by atoms with Crippen LogP contribution >= 0.6 is 0 Å². The third-order valence-electron chi connectivity index (χ3n) is 4.88. The van der Waals surface area contributed by atoms with E-state index in [4.69, 9.17) is 0 Å². The molecule has 0 aliphatic heterocycles. The van der Waals surface area contributed by atoms with Crippen LogP contribution in [0.4, 0.5) is 0 Å². The zero-order valence-electron chi connectivity index (χ0n) is 13.0. The minimum atomic E-state index is -0.677. The zero-order chi connectivity index (χ0) is 15.3. The number of hydrogen-bond donors (Lipinski definition) is 1. The Morgan fingerprint density at radius 3 is 1.73 bits per heavy atom. The first-order valence-corrected chi connectivity index (χ1v) is 8.26. The van der Waals surface area contributed by atoms with Gasteiger partial charge in [0.15, 0.2) is 0 Å². The van der Waals surface area contributed by atoms with E-state index in [1.54, 1.807) is 0 Å². The summed E-state index contributed by atoms with van der Waals surface area (Å²) in [6.07, 6.45) is 14.7. The Bertz CT molecular complexity index is 523. The van der Waals surface area contributed by atoms with E-state index in [0.29, 0.717) is 18.8 Å². The Labute approximate surface area is 132 Å². The highest BCUT2D eigenvalue weighted by molar-refractivity contribution is 5.19. The van der Waals surface area contributed by atoms with E-state index in [9.17, 15) is 5.11 Å². The standard InChI is InChI=1S/C19H24N2O/c22-19(18-4-2-1-3-5-18,14-16-6-10-20-11-7-16)15-17-8-12-21-13-9-17/h6-13,18,22H,1-5,14-15H2.